The first-order chi connectivity index (χ1) is 4.54. The van der Waals surface area contributed by atoms with Gasteiger partial charge in [-0.05, 0) is 6.92 Å². The maximum atomic E-state index is 10.6. The normalized spacial score (nSPS) is 31.9. The third kappa shape index (κ3) is 1.09. The van der Waals surface area contributed by atoms with E-state index in [0.717, 1.165) is 11.8 Å². The van der Waals surface area contributed by atoms with Gasteiger partial charge in [0.2, 0.25) is 0 Å². The monoisotopic (exact) mass is 161 g/mol. The van der Waals surface area contributed by atoms with Crippen LogP contribution in [0.5, 0.6) is 0 Å². The van der Waals surface area contributed by atoms with Crippen molar-refractivity contribution in [1.82, 2.24) is 5.32 Å². The molecule has 0 aromatic carbocycles. The van der Waals surface area contributed by atoms with Crippen LogP contribution in [0.25, 0.3) is 0 Å². The summed E-state index contributed by atoms with van der Waals surface area (Å²) in [7, 11) is 0. The largest absolute Gasteiger partial charge is 0.479 e. The van der Waals surface area contributed by atoms with Crippen LogP contribution in [0, 0.1) is 0 Å². The van der Waals surface area contributed by atoms with Gasteiger partial charge in [0.25, 0.3) is 5.24 Å². The molecule has 1 aliphatic heterocycles. The summed E-state index contributed by atoms with van der Waals surface area (Å²) < 4.78 is 0. The zero-order valence-electron chi connectivity index (χ0n) is 5.38. The van der Waals surface area contributed by atoms with E-state index in [1.807, 2.05) is 0 Å². The number of carboxylic acid groups (broad SMARTS) is 1. The lowest BCUT2D eigenvalue weighted by molar-refractivity contribution is -0.142. The first-order valence-corrected chi connectivity index (χ1v) is 3.71. The van der Waals surface area contributed by atoms with E-state index in [1.165, 1.54) is 6.92 Å². The van der Waals surface area contributed by atoms with Crippen LogP contribution in [0.4, 0.5) is 4.79 Å². The summed E-state index contributed by atoms with van der Waals surface area (Å²) in [6.45, 7) is 1.49. The summed E-state index contributed by atoms with van der Waals surface area (Å²) in [5.74, 6) is -0.674. The van der Waals surface area contributed by atoms with Crippen molar-refractivity contribution in [3.63, 3.8) is 0 Å². The van der Waals surface area contributed by atoms with E-state index in [2.05, 4.69) is 5.32 Å². The van der Waals surface area contributed by atoms with E-state index < -0.39 is 11.5 Å². The van der Waals surface area contributed by atoms with Gasteiger partial charge in [0, 0.05) is 5.75 Å². The van der Waals surface area contributed by atoms with E-state index in [4.69, 9.17) is 5.11 Å². The van der Waals surface area contributed by atoms with Crippen molar-refractivity contribution >= 4 is 23.0 Å². The second-order valence-electron chi connectivity index (χ2n) is 2.34. The number of amides is 1. The molecule has 0 saturated carbocycles. The van der Waals surface area contributed by atoms with Crippen LogP contribution >= 0.6 is 11.8 Å². The zero-order chi connectivity index (χ0) is 7.78. The molecule has 0 aromatic rings. The van der Waals surface area contributed by atoms with Crippen LogP contribution in [0.15, 0.2) is 0 Å². The van der Waals surface area contributed by atoms with Gasteiger partial charge in [-0.25, -0.2) is 4.79 Å². The first kappa shape index (κ1) is 7.40. The molecule has 1 fully saturated rings. The van der Waals surface area contributed by atoms with E-state index in [-0.39, 0.29) is 5.24 Å². The van der Waals surface area contributed by atoms with Crippen LogP contribution in [0.2, 0.25) is 0 Å². The molecule has 0 aliphatic carbocycles. The molecular weight excluding hydrogens is 154 g/mol. The minimum Gasteiger partial charge on any atom is -0.479 e. The Morgan fingerprint density at radius 2 is 2.50 bits per heavy atom. The summed E-state index contributed by atoms with van der Waals surface area (Å²) in [6.07, 6.45) is 0. The van der Waals surface area contributed by atoms with Gasteiger partial charge < -0.3 is 10.4 Å². The molecule has 1 atom stereocenters. The zero-order valence-corrected chi connectivity index (χ0v) is 6.20. The summed E-state index contributed by atoms with van der Waals surface area (Å²) in [5, 5.41) is 10.7. The average molecular weight is 161 g/mol. The Hall–Kier alpha value is -0.710. The van der Waals surface area contributed by atoms with Crippen molar-refractivity contribution in [2.75, 3.05) is 5.75 Å². The van der Waals surface area contributed by atoms with E-state index >= 15 is 0 Å². The Morgan fingerprint density at radius 3 is 2.70 bits per heavy atom. The van der Waals surface area contributed by atoms with Crippen LogP contribution in [-0.4, -0.2) is 27.6 Å². The fraction of sp³-hybridized carbons (Fsp3) is 0.600. The standard InChI is InChI=1S/C5H7NO3S/c1-5(3(7)8)2-10-4(9)6-5/h2H2,1H3,(H,6,9)(H,7,8). The van der Waals surface area contributed by atoms with Gasteiger partial charge in [0.1, 0.15) is 5.54 Å². The van der Waals surface area contributed by atoms with Gasteiger partial charge in [-0.1, -0.05) is 11.8 Å². The van der Waals surface area contributed by atoms with Crippen molar-refractivity contribution in [2.24, 2.45) is 0 Å². The number of carbonyl (C=O) groups is 2. The Kier molecular flexibility index (Phi) is 1.60. The molecule has 10 heavy (non-hydrogen) atoms. The molecule has 1 amide bonds. The van der Waals surface area contributed by atoms with Gasteiger partial charge in [0.15, 0.2) is 0 Å². The van der Waals surface area contributed by atoms with Crippen LogP contribution < -0.4 is 5.32 Å². The van der Waals surface area contributed by atoms with Gasteiger partial charge in [-0.3, -0.25) is 4.79 Å². The SMILES string of the molecule is CC1(C(=O)O)CSC(=O)N1. The molecule has 1 aliphatic rings. The van der Waals surface area contributed by atoms with Gasteiger partial charge in [-0.2, -0.15) is 0 Å². The smallest absolute Gasteiger partial charge is 0.330 e. The molecule has 0 aromatic heterocycles. The molecule has 56 valence electrons. The molecule has 1 saturated heterocycles. The van der Waals surface area contributed by atoms with Crippen molar-refractivity contribution in [1.29, 1.82) is 0 Å². The van der Waals surface area contributed by atoms with Crippen LogP contribution in [-0.2, 0) is 4.79 Å². The van der Waals surface area contributed by atoms with Crippen LogP contribution in [0.1, 0.15) is 6.92 Å². The van der Waals surface area contributed by atoms with Gasteiger partial charge >= 0.3 is 5.97 Å². The molecule has 2 N–H and O–H groups in total. The molecule has 1 heterocycles. The third-order valence-corrected chi connectivity index (χ3v) is 2.43. The lowest BCUT2D eigenvalue weighted by atomic mass is 10.1. The quantitative estimate of drug-likeness (QED) is 0.580. The fourth-order valence-electron chi connectivity index (χ4n) is 0.623. The van der Waals surface area contributed by atoms with E-state index in [0.29, 0.717) is 5.75 Å². The van der Waals surface area contributed by atoms with E-state index in [1.54, 1.807) is 0 Å². The minimum absolute atomic E-state index is 0.259. The number of thioether (sulfide) groups is 1. The number of nitrogens with one attached hydrogen (secondary N) is 1. The number of carbonyl (C=O) groups excluding carboxylic acids is 1. The predicted octanol–water partition coefficient (Wildman–Crippen LogP) is 0.286. The topological polar surface area (TPSA) is 66.4 Å². The number of carboxylic acids is 1. The number of rotatable bonds is 1. The fourth-order valence-corrected chi connectivity index (χ4v) is 1.54. The van der Waals surface area contributed by atoms with Crippen molar-refractivity contribution in [3.8, 4) is 0 Å². The molecule has 1 rings (SSSR count). The lowest BCUT2D eigenvalue weighted by Crippen LogP contribution is -2.47. The lowest BCUT2D eigenvalue weighted by Gasteiger charge is -2.15. The maximum Gasteiger partial charge on any atom is 0.330 e. The second-order valence-corrected chi connectivity index (χ2v) is 3.29. The Bertz CT molecular complexity index is 193. The molecule has 0 radical (unpaired) electrons. The van der Waals surface area contributed by atoms with Gasteiger partial charge in [0.05, 0.1) is 0 Å². The molecule has 4 nitrogen and oxygen atoms in total. The summed E-state index contributed by atoms with van der Waals surface area (Å²) in [4.78, 5) is 21.0. The summed E-state index contributed by atoms with van der Waals surface area (Å²) in [6, 6.07) is 0. The Balaban J connectivity index is 2.72. The Morgan fingerprint density at radius 1 is 1.90 bits per heavy atom. The minimum atomic E-state index is -1.05. The summed E-state index contributed by atoms with van der Waals surface area (Å²) in [5.41, 5.74) is -1.05. The molecule has 1 unspecified atom stereocenters. The van der Waals surface area contributed by atoms with Crippen molar-refractivity contribution in [3.05, 3.63) is 0 Å². The highest BCUT2D eigenvalue weighted by Gasteiger charge is 2.40. The number of hydrogen-bond acceptors (Lipinski definition) is 3. The molecule has 5 heteroatoms. The first-order valence-electron chi connectivity index (χ1n) is 2.73. The Labute approximate surface area is 62.0 Å². The highest BCUT2D eigenvalue weighted by atomic mass is 32.2. The van der Waals surface area contributed by atoms with Gasteiger partial charge in [-0.15, -0.1) is 0 Å². The van der Waals surface area contributed by atoms with E-state index in [9.17, 15) is 9.59 Å². The maximum absolute atomic E-state index is 10.6. The summed E-state index contributed by atoms with van der Waals surface area (Å²) >= 11 is 1.00. The molecular formula is C5H7NO3S. The highest BCUT2D eigenvalue weighted by Crippen LogP contribution is 2.22. The molecule has 0 bridgehead atoms. The predicted molar refractivity (Wildman–Crippen MR) is 37.0 cm³/mol. The van der Waals surface area contributed by atoms with Crippen molar-refractivity contribution in [2.45, 2.75) is 12.5 Å². The third-order valence-electron chi connectivity index (χ3n) is 1.34. The van der Waals surface area contributed by atoms with Crippen molar-refractivity contribution < 1.29 is 14.7 Å². The second kappa shape index (κ2) is 2.16. The molecule has 0 spiro atoms. The average Bonchev–Trinajstić information content (AvgIpc) is 2.13. The number of hydrogen-bond donors (Lipinski definition) is 2. The highest BCUT2D eigenvalue weighted by molar-refractivity contribution is 8.14. The number of aliphatic carboxylic acids is 1. The van der Waals surface area contributed by atoms with Crippen LogP contribution in [0.3, 0.4) is 0 Å².